The summed E-state index contributed by atoms with van der Waals surface area (Å²) in [6, 6.07) is 0.205. The molecule has 70 valence electrons. The number of carbonyl (C=O) groups is 1. The summed E-state index contributed by atoms with van der Waals surface area (Å²) in [5.74, 6) is 1.97. The first kappa shape index (κ1) is 9.86. The Hall–Kier alpha value is -0.220. The predicted octanol–water partition coefficient (Wildman–Crippen LogP) is 0.299. The summed E-state index contributed by atoms with van der Waals surface area (Å²) in [7, 11) is 0. The molecule has 4 heteroatoms. The molecule has 1 aliphatic rings. The zero-order valence-electron chi connectivity index (χ0n) is 7.45. The third-order valence-corrected chi connectivity index (χ3v) is 3.14. The molecule has 1 fully saturated rings. The third-order valence-electron chi connectivity index (χ3n) is 2.11. The average Bonchev–Trinajstić information content (AvgIpc) is 2.28. The molecule has 0 bridgehead atoms. The van der Waals surface area contributed by atoms with Gasteiger partial charge in [-0.25, -0.2) is 0 Å². The summed E-state index contributed by atoms with van der Waals surface area (Å²) < 4.78 is 0. The number of hydrogen-bond acceptors (Lipinski definition) is 3. The maximum Gasteiger partial charge on any atom is 0.232 e. The van der Waals surface area contributed by atoms with Crippen LogP contribution < -0.4 is 5.73 Å². The molecule has 1 aliphatic heterocycles. The van der Waals surface area contributed by atoms with E-state index in [4.69, 9.17) is 5.73 Å². The first-order chi connectivity index (χ1) is 5.75. The van der Waals surface area contributed by atoms with Crippen LogP contribution in [0, 0.1) is 0 Å². The van der Waals surface area contributed by atoms with Gasteiger partial charge in [-0.1, -0.05) is 0 Å². The molecule has 0 radical (unpaired) electrons. The molecule has 1 heterocycles. The Balaban J connectivity index is 2.52. The largest absolute Gasteiger partial charge is 0.338 e. The lowest BCUT2D eigenvalue weighted by Gasteiger charge is -2.26. The molecule has 0 spiro atoms. The molecule has 2 N–H and O–H groups in total. The SMILES string of the molecule is CC(CN)N1CCCSCC1=O. The van der Waals surface area contributed by atoms with E-state index in [1.54, 1.807) is 11.8 Å². The van der Waals surface area contributed by atoms with Crippen LogP contribution >= 0.6 is 11.8 Å². The fraction of sp³-hybridized carbons (Fsp3) is 0.875. The molecule has 3 nitrogen and oxygen atoms in total. The highest BCUT2D eigenvalue weighted by molar-refractivity contribution is 7.99. The average molecular weight is 188 g/mol. The quantitative estimate of drug-likeness (QED) is 0.678. The van der Waals surface area contributed by atoms with Gasteiger partial charge in [-0.2, -0.15) is 11.8 Å². The van der Waals surface area contributed by atoms with Gasteiger partial charge in [0.15, 0.2) is 0 Å². The van der Waals surface area contributed by atoms with Gasteiger partial charge in [0.05, 0.1) is 5.75 Å². The number of nitrogens with zero attached hydrogens (tertiary/aromatic N) is 1. The minimum atomic E-state index is 0.205. The van der Waals surface area contributed by atoms with Gasteiger partial charge in [0, 0.05) is 19.1 Å². The van der Waals surface area contributed by atoms with Crippen molar-refractivity contribution in [2.75, 3.05) is 24.6 Å². The van der Waals surface area contributed by atoms with E-state index in [2.05, 4.69) is 0 Å². The van der Waals surface area contributed by atoms with Crippen LogP contribution in [0.15, 0.2) is 0 Å². The van der Waals surface area contributed by atoms with Gasteiger partial charge < -0.3 is 10.6 Å². The van der Waals surface area contributed by atoms with Gasteiger partial charge in [-0.05, 0) is 19.1 Å². The highest BCUT2D eigenvalue weighted by Gasteiger charge is 2.20. The molecule has 12 heavy (non-hydrogen) atoms. The summed E-state index contributed by atoms with van der Waals surface area (Å²) in [4.78, 5) is 13.4. The highest BCUT2D eigenvalue weighted by Crippen LogP contribution is 2.13. The normalized spacial score (nSPS) is 22.2. The van der Waals surface area contributed by atoms with E-state index >= 15 is 0 Å². The first-order valence-corrected chi connectivity index (χ1v) is 5.48. The fourth-order valence-electron chi connectivity index (χ4n) is 1.30. The number of amides is 1. The Morgan fingerprint density at radius 1 is 1.75 bits per heavy atom. The summed E-state index contributed by atoms with van der Waals surface area (Å²) in [6.45, 7) is 3.45. The lowest BCUT2D eigenvalue weighted by Crippen LogP contribution is -2.43. The van der Waals surface area contributed by atoms with Crippen LogP contribution in [0.3, 0.4) is 0 Å². The second kappa shape index (κ2) is 4.72. The van der Waals surface area contributed by atoms with Crippen molar-refractivity contribution in [1.82, 2.24) is 4.90 Å². The number of hydrogen-bond donors (Lipinski definition) is 1. The molecule has 1 rings (SSSR count). The van der Waals surface area contributed by atoms with Crippen molar-refractivity contribution in [2.45, 2.75) is 19.4 Å². The van der Waals surface area contributed by atoms with Crippen molar-refractivity contribution >= 4 is 17.7 Å². The Bertz CT molecular complexity index is 163. The predicted molar refractivity (Wildman–Crippen MR) is 52.2 cm³/mol. The van der Waals surface area contributed by atoms with E-state index in [-0.39, 0.29) is 11.9 Å². The van der Waals surface area contributed by atoms with Crippen molar-refractivity contribution in [3.8, 4) is 0 Å². The second-order valence-electron chi connectivity index (χ2n) is 3.08. The van der Waals surface area contributed by atoms with Gasteiger partial charge in [0.1, 0.15) is 0 Å². The summed E-state index contributed by atoms with van der Waals surface area (Å²) in [6.07, 6.45) is 1.10. The summed E-state index contributed by atoms with van der Waals surface area (Å²) in [5.41, 5.74) is 5.52. The Kier molecular flexibility index (Phi) is 3.88. The van der Waals surface area contributed by atoms with Gasteiger partial charge in [0.25, 0.3) is 0 Å². The van der Waals surface area contributed by atoms with E-state index in [1.807, 2.05) is 11.8 Å². The number of rotatable bonds is 2. The molecule has 0 saturated carbocycles. The summed E-state index contributed by atoms with van der Waals surface area (Å²) >= 11 is 1.72. The van der Waals surface area contributed by atoms with Crippen LogP contribution in [0.4, 0.5) is 0 Å². The zero-order chi connectivity index (χ0) is 8.97. The Morgan fingerprint density at radius 3 is 3.17 bits per heavy atom. The fourth-order valence-corrected chi connectivity index (χ4v) is 2.12. The van der Waals surface area contributed by atoms with E-state index in [9.17, 15) is 4.79 Å². The van der Waals surface area contributed by atoms with E-state index in [1.165, 1.54) is 0 Å². The van der Waals surface area contributed by atoms with E-state index < -0.39 is 0 Å². The molecule has 1 atom stereocenters. The number of carbonyl (C=O) groups excluding carboxylic acids is 1. The molecule has 1 unspecified atom stereocenters. The van der Waals surface area contributed by atoms with Crippen LogP contribution in [-0.4, -0.2) is 41.4 Å². The lowest BCUT2D eigenvalue weighted by atomic mass is 10.2. The minimum Gasteiger partial charge on any atom is -0.338 e. The monoisotopic (exact) mass is 188 g/mol. The van der Waals surface area contributed by atoms with Crippen molar-refractivity contribution in [2.24, 2.45) is 5.73 Å². The van der Waals surface area contributed by atoms with Crippen molar-refractivity contribution < 1.29 is 4.79 Å². The van der Waals surface area contributed by atoms with Gasteiger partial charge in [-0.15, -0.1) is 0 Å². The van der Waals surface area contributed by atoms with Crippen molar-refractivity contribution in [3.05, 3.63) is 0 Å². The smallest absolute Gasteiger partial charge is 0.232 e. The molecule has 0 aromatic heterocycles. The van der Waals surface area contributed by atoms with Gasteiger partial charge >= 0.3 is 0 Å². The first-order valence-electron chi connectivity index (χ1n) is 4.33. The van der Waals surface area contributed by atoms with E-state index in [0.29, 0.717) is 12.3 Å². The van der Waals surface area contributed by atoms with Gasteiger partial charge in [-0.3, -0.25) is 4.79 Å². The van der Waals surface area contributed by atoms with Crippen LogP contribution in [0.2, 0.25) is 0 Å². The molecular formula is C8H16N2OS. The van der Waals surface area contributed by atoms with Gasteiger partial charge in [0.2, 0.25) is 5.91 Å². The molecule has 0 aliphatic carbocycles. The topological polar surface area (TPSA) is 46.3 Å². The van der Waals surface area contributed by atoms with Crippen LogP contribution in [0.5, 0.6) is 0 Å². The van der Waals surface area contributed by atoms with Crippen LogP contribution in [0.1, 0.15) is 13.3 Å². The van der Waals surface area contributed by atoms with Crippen LogP contribution in [-0.2, 0) is 4.79 Å². The number of thioether (sulfide) groups is 1. The second-order valence-corrected chi connectivity index (χ2v) is 4.18. The molecular weight excluding hydrogens is 172 g/mol. The molecule has 0 aromatic carbocycles. The Labute approximate surface area is 77.7 Å². The molecule has 1 saturated heterocycles. The third kappa shape index (κ3) is 2.38. The van der Waals surface area contributed by atoms with Crippen molar-refractivity contribution in [1.29, 1.82) is 0 Å². The van der Waals surface area contributed by atoms with Crippen LogP contribution in [0.25, 0.3) is 0 Å². The Morgan fingerprint density at radius 2 is 2.50 bits per heavy atom. The maximum atomic E-state index is 11.5. The van der Waals surface area contributed by atoms with Crippen molar-refractivity contribution in [3.63, 3.8) is 0 Å². The summed E-state index contributed by atoms with van der Waals surface area (Å²) in [5, 5.41) is 0. The highest BCUT2D eigenvalue weighted by atomic mass is 32.2. The molecule has 1 amide bonds. The van der Waals surface area contributed by atoms with E-state index in [0.717, 1.165) is 18.7 Å². The minimum absolute atomic E-state index is 0.205. The maximum absolute atomic E-state index is 11.5. The zero-order valence-corrected chi connectivity index (χ0v) is 8.27. The lowest BCUT2D eigenvalue weighted by molar-refractivity contribution is -0.130. The number of nitrogens with two attached hydrogens (primary N) is 1. The molecule has 0 aromatic rings. The standard InChI is InChI=1S/C8H16N2OS/c1-7(5-9)10-3-2-4-12-6-8(10)11/h7H,2-6,9H2,1H3.